The van der Waals surface area contributed by atoms with E-state index in [9.17, 15) is 9.59 Å². The maximum absolute atomic E-state index is 12.3. The Labute approximate surface area is 132 Å². The number of thiophene rings is 1. The third-order valence-corrected chi connectivity index (χ3v) is 5.59. The first-order valence-electron chi connectivity index (χ1n) is 5.93. The van der Waals surface area contributed by atoms with E-state index < -0.39 is 5.97 Å². The van der Waals surface area contributed by atoms with Gasteiger partial charge in [-0.2, -0.15) is 0 Å². The molecule has 104 valence electrons. The van der Waals surface area contributed by atoms with Crippen molar-refractivity contribution in [3.63, 3.8) is 0 Å². The Hall–Kier alpha value is -0.400. The van der Waals surface area contributed by atoms with Crippen molar-refractivity contribution >= 4 is 55.1 Å². The summed E-state index contributed by atoms with van der Waals surface area (Å²) in [5, 5.41) is 8.77. The van der Waals surface area contributed by atoms with Crippen LogP contribution in [-0.4, -0.2) is 35.0 Å². The van der Waals surface area contributed by atoms with Crippen LogP contribution in [0.25, 0.3) is 0 Å². The molecular formula is C12H13Br2NO3S. The highest BCUT2D eigenvalue weighted by atomic mass is 79.9. The van der Waals surface area contributed by atoms with Gasteiger partial charge in [0.05, 0.1) is 13.1 Å². The molecule has 19 heavy (non-hydrogen) atoms. The minimum Gasteiger partial charge on any atom is -0.481 e. The molecule has 1 N–H and O–H groups in total. The summed E-state index contributed by atoms with van der Waals surface area (Å²) in [5.41, 5.74) is 0.675. The number of aliphatic carboxylic acids is 1. The normalized spacial score (nSPS) is 16.6. The van der Waals surface area contributed by atoms with E-state index in [2.05, 4.69) is 31.9 Å². The lowest BCUT2D eigenvalue weighted by molar-refractivity contribution is -0.138. The van der Waals surface area contributed by atoms with E-state index in [1.54, 1.807) is 4.90 Å². The molecule has 4 nitrogen and oxygen atoms in total. The van der Waals surface area contributed by atoms with Crippen molar-refractivity contribution < 1.29 is 14.7 Å². The molecule has 0 bridgehead atoms. The maximum atomic E-state index is 12.3. The van der Waals surface area contributed by atoms with Crippen LogP contribution >= 0.6 is 43.2 Å². The fourth-order valence-electron chi connectivity index (χ4n) is 2.24. The smallest absolute Gasteiger partial charge is 0.303 e. The van der Waals surface area contributed by atoms with Gasteiger partial charge in [0.15, 0.2) is 0 Å². The molecule has 0 radical (unpaired) electrons. The Bertz CT molecular complexity index is 495. The molecule has 1 aliphatic rings. The summed E-state index contributed by atoms with van der Waals surface area (Å²) in [7, 11) is 0. The molecular weight excluding hydrogens is 398 g/mol. The second kappa shape index (κ2) is 6.37. The van der Waals surface area contributed by atoms with Gasteiger partial charge < -0.3 is 10.0 Å². The number of rotatable bonds is 3. The van der Waals surface area contributed by atoms with E-state index in [0.717, 1.165) is 20.4 Å². The summed E-state index contributed by atoms with van der Waals surface area (Å²) in [6.45, 7) is 1.27. The lowest BCUT2D eigenvalue weighted by atomic mass is 9.93. The average molecular weight is 411 g/mol. The lowest BCUT2D eigenvalue weighted by Crippen LogP contribution is -2.38. The van der Waals surface area contributed by atoms with Crippen molar-refractivity contribution in [2.75, 3.05) is 13.1 Å². The number of piperidine rings is 1. The summed E-state index contributed by atoms with van der Waals surface area (Å²) < 4.78 is 1.75. The van der Waals surface area contributed by atoms with Crippen LogP contribution in [0.2, 0.25) is 0 Å². The van der Waals surface area contributed by atoms with Gasteiger partial charge in [0.25, 0.3) is 5.91 Å². The highest BCUT2D eigenvalue weighted by Crippen LogP contribution is 2.33. The highest BCUT2D eigenvalue weighted by Gasteiger charge is 2.26. The van der Waals surface area contributed by atoms with Crippen LogP contribution in [0.3, 0.4) is 0 Å². The van der Waals surface area contributed by atoms with E-state index in [1.807, 2.05) is 6.07 Å². The van der Waals surface area contributed by atoms with Gasteiger partial charge in [0.2, 0.25) is 0 Å². The zero-order chi connectivity index (χ0) is 14.0. The van der Waals surface area contributed by atoms with Crippen LogP contribution in [0.4, 0.5) is 0 Å². The van der Waals surface area contributed by atoms with E-state index in [0.29, 0.717) is 18.7 Å². The van der Waals surface area contributed by atoms with Gasteiger partial charge in [0, 0.05) is 19.5 Å². The molecule has 0 spiro atoms. The number of nitrogens with zero attached hydrogens (tertiary/aromatic N) is 1. The molecule has 2 rings (SSSR count). The number of carboxylic acid groups (broad SMARTS) is 1. The number of hydrogen-bond donors (Lipinski definition) is 1. The molecule has 0 unspecified atom stereocenters. The minimum absolute atomic E-state index is 0.0163. The SMILES string of the molecule is O=C(O)CC1CCN(C(=O)c2cc(Br)sc2Br)CC1. The predicted molar refractivity (Wildman–Crippen MR) is 80.6 cm³/mol. The largest absolute Gasteiger partial charge is 0.481 e. The van der Waals surface area contributed by atoms with Gasteiger partial charge in [-0.1, -0.05) is 0 Å². The lowest BCUT2D eigenvalue weighted by Gasteiger charge is -2.31. The van der Waals surface area contributed by atoms with Crippen LogP contribution in [0, 0.1) is 5.92 Å². The number of carboxylic acids is 1. The second-order valence-corrected chi connectivity index (χ2v) is 8.32. The molecule has 1 saturated heterocycles. The van der Waals surface area contributed by atoms with Gasteiger partial charge in [0.1, 0.15) is 0 Å². The summed E-state index contributed by atoms with van der Waals surface area (Å²) in [6, 6.07) is 1.82. The van der Waals surface area contributed by atoms with Gasteiger partial charge >= 0.3 is 5.97 Å². The Morgan fingerprint density at radius 2 is 2.00 bits per heavy atom. The molecule has 1 aromatic heterocycles. The standard InChI is InChI=1S/C12H13Br2NO3S/c13-9-6-8(11(14)19-9)12(18)15-3-1-7(2-4-15)5-10(16)17/h6-7H,1-5H2,(H,16,17). The van der Waals surface area contributed by atoms with Crippen LogP contribution in [0.5, 0.6) is 0 Å². The monoisotopic (exact) mass is 409 g/mol. The first-order chi connectivity index (χ1) is 8.97. The maximum Gasteiger partial charge on any atom is 0.303 e. The van der Waals surface area contributed by atoms with Crippen molar-refractivity contribution in [1.29, 1.82) is 0 Å². The topological polar surface area (TPSA) is 57.6 Å². The van der Waals surface area contributed by atoms with E-state index >= 15 is 0 Å². The molecule has 1 aliphatic heterocycles. The molecule has 0 atom stereocenters. The molecule has 0 aromatic carbocycles. The van der Waals surface area contributed by atoms with Gasteiger partial charge in [-0.15, -0.1) is 11.3 Å². The van der Waals surface area contributed by atoms with E-state index in [-0.39, 0.29) is 18.2 Å². The van der Waals surface area contributed by atoms with Gasteiger partial charge in [-0.3, -0.25) is 9.59 Å². The first kappa shape index (κ1) is 15.0. The Morgan fingerprint density at radius 3 is 2.47 bits per heavy atom. The summed E-state index contributed by atoms with van der Waals surface area (Å²) in [4.78, 5) is 24.8. The average Bonchev–Trinajstić information content (AvgIpc) is 2.68. The van der Waals surface area contributed by atoms with Crippen molar-refractivity contribution in [2.24, 2.45) is 5.92 Å². The predicted octanol–water partition coefficient (Wildman–Crippen LogP) is 3.60. The third kappa shape index (κ3) is 3.79. The molecule has 0 saturated carbocycles. The molecule has 0 aliphatic carbocycles. The van der Waals surface area contributed by atoms with Crippen molar-refractivity contribution in [3.05, 3.63) is 19.2 Å². The molecule has 2 heterocycles. The first-order valence-corrected chi connectivity index (χ1v) is 8.33. The second-order valence-electron chi connectivity index (χ2n) is 4.57. The number of hydrogen-bond acceptors (Lipinski definition) is 3. The molecule has 1 amide bonds. The van der Waals surface area contributed by atoms with Crippen molar-refractivity contribution in [3.8, 4) is 0 Å². The number of likely N-dealkylation sites (tertiary alicyclic amines) is 1. The molecule has 1 aromatic rings. The zero-order valence-electron chi connectivity index (χ0n) is 10.1. The van der Waals surface area contributed by atoms with Crippen LogP contribution < -0.4 is 0 Å². The number of halogens is 2. The van der Waals surface area contributed by atoms with Crippen molar-refractivity contribution in [2.45, 2.75) is 19.3 Å². The van der Waals surface area contributed by atoms with Crippen molar-refractivity contribution in [1.82, 2.24) is 4.90 Å². The Balaban J connectivity index is 1.96. The molecule has 1 fully saturated rings. The van der Waals surface area contributed by atoms with E-state index in [1.165, 1.54) is 11.3 Å². The van der Waals surface area contributed by atoms with Crippen LogP contribution in [0.15, 0.2) is 13.6 Å². The van der Waals surface area contributed by atoms with Gasteiger partial charge in [-0.25, -0.2) is 0 Å². The quantitative estimate of drug-likeness (QED) is 0.828. The Morgan fingerprint density at radius 1 is 1.37 bits per heavy atom. The minimum atomic E-state index is -0.755. The Kier molecular flexibility index (Phi) is 5.03. The summed E-state index contributed by atoms with van der Waals surface area (Å²) in [5.74, 6) is -0.545. The fraction of sp³-hybridized carbons (Fsp3) is 0.500. The van der Waals surface area contributed by atoms with Gasteiger partial charge in [-0.05, 0) is 56.7 Å². The fourth-order valence-corrected chi connectivity index (χ4v) is 5.02. The highest BCUT2D eigenvalue weighted by molar-refractivity contribution is 9.12. The number of carbonyl (C=O) groups excluding carboxylic acids is 1. The third-order valence-electron chi connectivity index (χ3n) is 3.25. The molecule has 7 heteroatoms. The zero-order valence-corrected chi connectivity index (χ0v) is 14.1. The summed E-state index contributed by atoms with van der Waals surface area (Å²) >= 11 is 8.24. The van der Waals surface area contributed by atoms with E-state index in [4.69, 9.17) is 5.11 Å². The summed E-state index contributed by atoms with van der Waals surface area (Å²) in [6.07, 6.45) is 1.73. The number of amides is 1. The van der Waals surface area contributed by atoms with Crippen LogP contribution in [-0.2, 0) is 4.79 Å². The van der Waals surface area contributed by atoms with Crippen LogP contribution in [0.1, 0.15) is 29.6 Å². The number of carbonyl (C=O) groups is 2.